The number of pyridine rings is 1. The molecule has 1 rings (SSSR count). The minimum Gasteiger partial charge on any atom is -0.478 e. The van der Waals surface area contributed by atoms with Crippen molar-refractivity contribution in [2.45, 2.75) is 31.1 Å². The number of carbonyl (C=O) groups is 1. The summed E-state index contributed by atoms with van der Waals surface area (Å²) in [4.78, 5) is 14.4. The largest absolute Gasteiger partial charge is 0.478 e. The van der Waals surface area contributed by atoms with Crippen molar-refractivity contribution >= 4 is 22.1 Å². The molecule has 1 aromatic heterocycles. The average Bonchev–Trinajstić information content (AvgIpc) is 2.45. The number of aromatic nitrogens is 1. The van der Waals surface area contributed by atoms with Crippen LogP contribution < -0.4 is 0 Å². The molecule has 1 N–H and O–H groups in total. The van der Waals surface area contributed by atoms with Gasteiger partial charge in [-0.05, 0) is 24.1 Å². The number of aliphatic carboxylic acids is 1. The number of carboxylic acids is 1. The second-order valence-corrected chi connectivity index (χ2v) is 6.70. The Kier molecular flexibility index (Phi) is 6.51. The fourth-order valence-corrected chi connectivity index (χ4v) is 2.93. The third-order valence-corrected chi connectivity index (χ3v) is 4.76. The first kappa shape index (κ1) is 17.3. The van der Waals surface area contributed by atoms with E-state index < -0.39 is 16.0 Å². The minimum atomic E-state index is -3.59. The van der Waals surface area contributed by atoms with Gasteiger partial charge < -0.3 is 5.11 Å². The Morgan fingerprint density at radius 2 is 2.10 bits per heavy atom. The van der Waals surface area contributed by atoms with Gasteiger partial charge in [-0.1, -0.05) is 19.8 Å². The Morgan fingerprint density at radius 3 is 2.71 bits per heavy atom. The predicted octanol–water partition coefficient (Wildman–Crippen LogP) is 1.99. The lowest BCUT2D eigenvalue weighted by Gasteiger charge is -2.16. The maximum atomic E-state index is 12.4. The first-order valence-corrected chi connectivity index (χ1v) is 8.14. The van der Waals surface area contributed by atoms with E-state index in [9.17, 15) is 13.2 Å². The number of hydrogen-bond acceptors (Lipinski definition) is 4. The highest BCUT2D eigenvalue weighted by atomic mass is 32.2. The second-order valence-electron chi connectivity index (χ2n) is 4.66. The molecule has 0 saturated heterocycles. The van der Waals surface area contributed by atoms with Crippen LogP contribution in [0.5, 0.6) is 0 Å². The first-order valence-electron chi connectivity index (χ1n) is 6.70. The summed E-state index contributed by atoms with van der Waals surface area (Å²) < 4.78 is 26.0. The molecule has 1 heterocycles. The van der Waals surface area contributed by atoms with Crippen molar-refractivity contribution in [3.8, 4) is 0 Å². The van der Waals surface area contributed by atoms with E-state index in [1.54, 1.807) is 0 Å². The molecular weight excluding hydrogens is 292 g/mol. The van der Waals surface area contributed by atoms with E-state index in [1.165, 1.54) is 35.9 Å². The van der Waals surface area contributed by atoms with Crippen molar-refractivity contribution in [3.63, 3.8) is 0 Å². The summed E-state index contributed by atoms with van der Waals surface area (Å²) in [6, 6.07) is 1.41. The van der Waals surface area contributed by atoms with Gasteiger partial charge in [-0.15, -0.1) is 0 Å². The number of sulfonamides is 1. The number of rotatable bonds is 8. The van der Waals surface area contributed by atoms with Crippen LogP contribution in [0, 0.1) is 0 Å². The summed E-state index contributed by atoms with van der Waals surface area (Å²) in [5.41, 5.74) is 0.431. The van der Waals surface area contributed by atoms with Crippen LogP contribution in [-0.2, 0) is 14.8 Å². The van der Waals surface area contributed by atoms with Crippen LogP contribution in [0.3, 0.4) is 0 Å². The van der Waals surface area contributed by atoms with E-state index in [4.69, 9.17) is 5.11 Å². The van der Waals surface area contributed by atoms with Gasteiger partial charge in [0, 0.05) is 32.1 Å². The second kappa shape index (κ2) is 7.90. The molecule has 0 unspecified atom stereocenters. The Bertz CT molecular complexity index is 611. The summed E-state index contributed by atoms with van der Waals surface area (Å²) in [6.07, 6.45) is 7.73. The van der Waals surface area contributed by atoms with E-state index in [0.29, 0.717) is 12.1 Å². The summed E-state index contributed by atoms with van der Waals surface area (Å²) >= 11 is 0. The van der Waals surface area contributed by atoms with Gasteiger partial charge in [0.2, 0.25) is 10.0 Å². The zero-order chi connectivity index (χ0) is 15.9. The topological polar surface area (TPSA) is 87.6 Å². The summed E-state index contributed by atoms with van der Waals surface area (Å²) in [7, 11) is -2.06. The summed E-state index contributed by atoms with van der Waals surface area (Å²) in [5.74, 6) is -1.10. The molecule has 0 atom stereocenters. The van der Waals surface area contributed by atoms with Crippen molar-refractivity contribution in [1.29, 1.82) is 0 Å². The average molecular weight is 312 g/mol. The zero-order valence-electron chi connectivity index (χ0n) is 12.2. The first-order chi connectivity index (χ1) is 9.87. The highest BCUT2D eigenvalue weighted by Crippen LogP contribution is 2.16. The van der Waals surface area contributed by atoms with Gasteiger partial charge in [-0.2, -0.15) is 0 Å². The SMILES string of the molecule is CCCCCN(C)S(=O)(=O)c1cncc(C=CC(=O)O)c1. The third kappa shape index (κ3) is 5.28. The number of nitrogens with zero attached hydrogens (tertiary/aromatic N) is 2. The highest BCUT2D eigenvalue weighted by Gasteiger charge is 2.20. The van der Waals surface area contributed by atoms with Crippen molar-refractivity contribution in [3.05, 3.63) is 30.1 Å². The smallest absolute Gasteiger partial charge is 0.328 e. The van der Waals surface area contributed by atoms with Gasteiger partial charge in [0.05, 0.1) is 0 Å². The van der Waals surface area contributed by atoms with Crippen molar-refractivity contribution in [1.82, 2.24) is 9.29 Å². The Morgan fingerprint density at radius 1 is 1.38 bits per heavy atom. The number of hydrogen-bond donors (Lipinski definition) is 1. The molecule has 0 aliphatic heterocycles. The molecule has 21 heavy (non-hydrogen) atoms. The fourth-order valence-electron chi connectivity index (χ4n) is 1.72. The molecular formula is C14H20N2O4S. The Labute approximate surface area is 125 Å². The molecule has 0 spiro atoms. The van der Waals surface area contributed by atoms with Crippen LogP contribution in [0.25, 0.3) is 6.08 Å². The monoisotopic (exact) mass is 312 g/mol. The molecule has 0 aliphatic rings. The molecule has 0 radical (unpaired) electrons. The molecule has 7 heteroatoms. The number of unbranched alkanes of at least 4 members (excludes halogenated alkanes) is 2. The molecule has 116 valence electrons. The van der Waals surface area contributed by atoms with Crippen molar-refractivity contribution in [2.75, 3.05) is 13.6 Å². The molecule has 0 fully saturated rings. The molecule has 0 amide bonds. The lowest BCUT2D eigenvalue weighted by atomic mass is 10.2. The van der Waals surface area contributed by atoms with Crippen LogP contribution in [0.2, 0.25) is 0 Å². The van der Waals surface area contributed by atoms with Crippen LogP contribution in [0.1, 0.15) is 31.7 Å². The Balaban J connectivity index is 2.92. The lowest BCUT2D eigenvalue weighted by Crippen LogP contribution is -2.28. The Hall–Kier alpha value is -1.73. The van der Waals surface area contributed by atoms with Crippen molar-refractivity contribution in [2.24, 2.45) is 0 Å². The molecule has 0 aromatic carbocycles. The molecule has 0 aliphatic carbocycles. The van der Waals surface area contributed by atoms with Gasteiger partial charge >= 0.3 is 5.97 Å². The lowest BCUT2D eigenvalue weighted by molar-refractivity contribution is -0.131. The molecule has 0 saturated carbocycles. The van der Waals surface area contributed by atoms with Crippen LogP contribution in [0.4, 0.5) is 0 Å². The van der Waals surface area contributed by atoms with Gasteiger partial charge in [0.25, 0.3) is 0 Å². The minimum absolute atomic E-state index is 0.0639. The quantitative estimate of drug-likeness (QED) is 0.586. The maximum absolute atomic E-state index is 12.4. The van der Waals surface area contributed by atoms with Gasteiger partial charge in [-0.3, -0.25) is 4.98 Å². The van der Waals surface area contributed by atoms with Gasteiger partial charge in [0.15, 0.2) is 0 Å². The molecule has 1 aromatic rings. The van der Waals surface area contributed by atoms with E-state index >= 15 is 0 Å². The predicted molar refractivity (Wildman–Crippen MR) is 80.2 cm³/mol. The standard InChI is InChI=1S/C14H20N2O4S/c1-3-4-5-8-16(2)21(19,20)13-9-12(10-15-11-13)6-7-14(17)18/h6-7,9-11H,3-5,8H2,1-2H3,(H,17,18). The fraction of sp³-hybridized carbons (Fsp3) is 0.429. The zero-order valence-corrected chi connectivity index (χ0v) is 13.0. The molecule has 0 bridgehead atoms. The van der Waals surface area contributed by atoms with Crippen LogP contribution in [0.15, 0.2) is 29.4 Å². The van der Waals surface area contributed by atoms with Crippen LogP contribution >= 0.6 is 0 Å². The highest BCUT2D eigenvalue weighted by molar-refractivity contribution is 7.89. The van der Waals surface area contributed by atoms with Gasteiger partial charge in [0.1, 0.15) is 4.90 Å². The third-order valence-electron chi connectivity index (χ3n) is 2.94. The van der Waals surface area contributed by atoms with Crippen LogP contribution in [-0.4, -0.2) is 42.4 Å². The summed E-state index contributed by atoms with van der Waals surface area (Å²) in [5, 5.41) is 8.58. The normalized spacial score (nSPS) is 12.1. The van der Waals surface area contributed by atoms with E-state index in [1.807, 2.05) is 0 Å². The summed E-state index contributed by atoms with van der Waals surface area (Å²) in [6.45, 7) is 2.50. The van der Waals surface area contributed by atoms with Crippen molar-refractivity contribution < 1.29 is 18.3 Å². The van der Waals surface area contributed by atoms with E-state index in [-0.39, 0.29) is 4.90 Å². The molecule has 6 nitrogen and oxygen atoms in total. The number of carboxylic acid groups (broad SMARTS) is 1. The van der Waals surface area contributed by atoms with Gasteiger partial charge in [-0.25, -0.2) is 17.5 Å². The maximum Gasteiger partial charge on any atom is 0.328 e. The van der Waals surface area contributed by atoms with E-state index in [2.05, 4.69) is 11.9 Å². The van der Waals surface area contributed by atoms with E-state index in [0.717, 1.165) is 25.3 Å².